The van der Waals surface area contributed by atoms with Crippen molar-refractivity contribution in [3.05, 3.63) is 70.5 Å². The quantitative estimate of drug-likeness (QED) is 0.280. The summed E-state index contributed by atoms with van der Waals surface area (Å²) in [6.07, 6.45) is 7.59. The van der Waals surface area contributed by atoms with Crippen LogP contribution in [0, 0.1) is 0 Å². The fourth-order valence-electron chi connectivity index (χ4n) is 6.87. The van der Waals surface area contributed by atoms with Crippen molar-refractivity contribution in [2.75, 3.05) is 38.7 Å². The van der Waals surface area contributed by atoms with Gasteiger partial charge in [0, 0.05) is 73.3 Å². The minimum Gasteiger partial charge on any atom is -0.495 e. The van der Waals surface area contributed by atoms with Crippen LogP contribution in [0.2, 0.25) is 5.02 Å². The number of anilines is 2. The molecule has 1 amide bonds. The van der Waals surface area contributed by atoms with E-state index in [1.54, 1.807) is 13.2 Å². The highest BCUT2D eigenvalue weighted by Gasteiger charge is 2.29. The number of hydrogen-bond donors (Lipinski definition) is 2. The lowest BCUT2D eigenvalue weighted by Gasteiger charge is -2.39. The normalized spacial score (nSPS) is 17.4. The summed E-state index contributed by atoms with van der Waals surface area (Å²) in [4.78, 5) is 25.4. The monoisotopic (exact) mass is 627 g/mol. The van der Waals surface area contributed by atoms with Crippen molar-refractivity contribution in [1.29, 1.82) is 0 Å². The highest BCUT2D eigenvalue weighted by atomic mass is 35.5. The number of benzene rings is 2. The molecule has 11 heteroatoms. The summed E-state index contributed by atoms with van der Waals surface area (Å²) in [5, 5.41) is 12.0. The first-order chi connectivity index (χ1) is 22.0. The summed E-state index contributed by atoms with van der Waals surface area (Å²) >= 11 is 6.62. The molecule has 2 aliphatic heterocycles. The molecule has 2 aromatic heterocycles. The molecule has 1 aliphatic carbocycles. The van der Waals surface area contributed by atoms with Crippen molar-refractivity contribution in [1.82, 2.24) is 30.0 Å². The number of carbonyl (C=O) groups excluding carboxylic acids is 1. The van der Waals surface area contributed by atoms with E-state index in [1.165, 1.54) is 0 Å². The number of rotatable bonds is 7. The highest BCUT2D eigenvalue weighted by Crippen LogP contribution is 2.42. The molecule has 2 saturated heterocycles. The molecule has 3 aliphatic rings. The summed E-state index contributed by atoms with van der Waals surface area (Å²) in [5.74, 6) is 0.880. The summed E-state index contributed by atoms with van der Waals surface area (Å²) in [5.41, 5.74) is 6.95. The average Bonchev–Trinajstić information content (AvgIpc) is 3.42. The van der Waals surface area contributed by atoms with Crippen LogP contribution >= 0.6 is 11.6 Å². The molecule has 0 radical (unpaired) electrons. The number of ether oxygens (including phenoxy) is 2. The molecule has 2 aromatic carbocycles. The number of hydrogen-bond acceptors (Lipinski definition) is 8. The molecule has 234 valence electrons. The third-order valence-corrected chi connectivity index (χ3v) is 9.59. The number of aromatic nitrogens is 4. The van der Waals surface area contributed by atoms with Crippen LogP contribution in [0.4, 0.5) is 11.6 Å². The molecular formula is C34H38ClN7O3. The van der Waals surface area contributed by atoms with Crippen LogP contribution < -0.4 is 15.4 Å². The lowest BCUT2D eigenvalue weighted by Crippen LogP contribution is -2.49. The maximum absolute atomic E-state index is 13.2. The number of fused-ring (bicyclic) bond motifs is 3. The fraction of sp³-hybridized carbons (Fsp3) is 0.412. The molecule has 2 fully saturated rings. The van der Waals surface area contributed by atoms with E-state index in [2.05, 4.69) is 20.5 Å². The Morgan fingerprint density at radius 1 is 1.07 bits per heavy atom. The van der Waals surface area contributed by atoms with Gasteiger partial charge in [-0.25, -0.2) is 9.97 Å². The van der Waals surface area contributed by atoms with Crippen LogP contribution in [0.25, 0.3) is 22.5 Å². The van der Waals surface area contributed by atoms with Gasteiger partial charge in [-0.2, -0.15) is 5.10 Å². The maximum atomic E-state index is 13.2. The predicted octanol–water partition coefficient (Wildman–Crippen LogP) is 5.42. The number of aryl methyl sites for hydroxylation is 3. The molecule has 4 aromatic rings. The molecule has 0 bridgehead atoms. The van der Waals surface area contributed by atoms with Gasteiger partial charge < -0.3 is 25.0 Å². The van der Waals surface area contributed by atoms with E-state index in [-0.39, 0.29) is 11.9 Å². The van der Waals surface area contributed by atoms with E-state index in [0.29, 0.717) is 34.0 Å². The van der Waals surface area contributed by atoms with Crippen LogP contribution in [-0.2, 0) is 24.6 Å². The first-order valence-electron chi connectivity index (χ1n) is 15.7. The number of likely N-dealkylation sites (tertiary alicyclic amines) is 1. The smallest absolute Gasteiger partial charge is 0.251 e. The number of nitrogens with zero attached hydrogens (tertiary/aromatic N) is 5. The van der Waals surface area contributed by atoms with Crippen LogP contribution in [0.1, 0.15) is 47.3 Å². The van der Waals surface area contributed by atoms with Crippen LogP contribution in [0.3, 0.4) is 0 Å². The van der Waals surface area contributed by atoms with Gasteiger partial charge in [-0.3, -0.25) is 9.48 Å². The van der Waals surface area contributed by atoms with Gasteiger partial charge in [-0.1, -0.05) is 29.8 Å². The van der Waals surface area contributed by atoms with E-state index < -0.39 is 0 Å². The number of piperidine rings is 1. The minimum absolute atomic E-state index is 0.0920. The third-order valence-electron chi connectivity index (χ3n) is 9.26. The van der Waals surface area contributed by atoms with Gasteiger partial charge >= 0.3 is 0 Å². The average molecular weight is 628 g/mol. The highest BCUT2D eigenvalue weighted by molar-refractivity contribution is 6.33. The second-order valence-electron chi connectivity index (χ2n) is 12.0. The van der Waals surface area contributed by atoms with Gasteiger partial charge in [-0.05, 0) is 68.4 Å². The summed E-state index contributed by atoms with van der Waals surface area (Å²) < 4.78 is 13.1. The fourth-order valence-corrected chi connectivity index (χ4v) is 7.09. The number of nitrogens with one attached hydrogen (secondary N) is 2. The Balaban J connectivity index is 1.07. The first-order valence-corrected chi connectivity index (χ1v) is 16.1. The number of methoxy groups -OCH3 is 1. The van der Waals surface area contributed by atoms with Gasteiger partial charge in [0.15, 0.2) is 0 Å². The van der Waals surface area contributed by atoms with E-state index in [9.17, 15) is 4.79 Å². The Morgan fingerprint density at radius 3 is 2.64 bits per heavy atom. The molecule has 2 N–H and O–H groups in total. The van der Waals surface area contributed by atoms with Crippen LogP contribution in [0.15, 0.2) is 48.7 Å². The predicted molar refractivity (Wildman–Crippen MR) is 174 cm³/mol. The van der Waals surface area contributed by atoms with Crippen molar-refractivity contribution >= 4 is 29.1 Å². The standard InChI is InChI=1S/C34H38ClN7O3/c1-41-32(25-5-3-4-6-26(25)35)30-28(40-41)10-8-22-20-36-34(39-31(22)30)38-27-9-7-21(19-29(27)44-2)33(43)37-23-11-15-42(16-12-23)24-13-17-45-18-14-24/h3-7,9,19-20,23-24H,8,10-18H2,1-2H3,(H,37,43)(H,36,38,39). The lowest BCUT2D eigenvalue weighted by molar-refractivity contribution is 0.0238. The van der Waals surface area contributed by atoms with Gasteiger partial charge in [0.25, 0.3) is 5.91 Å². The summed E-state index contributed by atoms with van der Waals surface area (Å²) in [6.45, 7) is 3.71. The van der Waals surface area contributed by atoms with Crippen molar-refractivity contribution in [2.45, 2.75) is 50.6 Å². The van der Waals surface area contributed by atoms with Crippen LogP contribution in [0.5, 0.6) is 5.75 Å². The number of halogens is 1. The second kappa shape index (κ2) is 12.8. The van der Waals surface area contributed by atoms with Gasteiger partial charge in [0.1, 0.15) is 5.75 Å². The Bertz CT molecular complexity index is 1710. The van der Waals surface area contributed by atoms with E-state index in [0.717, 1.165) is 98.6 Å². The van der Waals surface area contributed by atoms with Crippen LogP contribution in [-0.4, -0.2) is 76.1 Å². The zero-order valence-electron chi connectivity index (χ0n) is 25.7. The van der Waals surface area contributed by atoms with E-state index in [1.807, 2.05) is 54.3 Å². The topological polar surface area (TPSA) is 106 Å². The Morgan fingerprint density at radius 2 is 1.87 bits per heavy atom. The molecule has 0 spiro atoms. The molecule has 0 unspecified atom stereocenters. The molecule has 0 saturated carbocycles. The largest absolute Gasteiger partial charge is 0.495 e. The zero-order valence-corrected chi connectivity index (χ0v) is 26.4. The molecule has 4 heterocycles. The molecule has 7 rings (SSSR count). The summed E-state index contributed by atoms with van der Waals surface area (Å²) in [7, 11) is 3.54. The zero-order chi connectivity index (χ0) is 30.9. The maximum Gasteiger partial charge on any atom is 0.251 e. The van der Waals surface area contributed by atoms with Gasteiger partial charge in [0.05, 0.1) is 29.9 Å². The second-order valence-corrected chi connectivity index (χ2v) is 12.4. The lowest BCUT2D eigenvalue weighted by atomic mass is 9.91. The Hall–Kier alpha value is -3.99. The van der Waals surface area contributed by atoms with Gasteiger partial charge in [-0.15, -0.1) is 0 Å². The van der Waals surface area contributed by atoms with Crippen molar-refractivity contribution < 1.29 is 14.3 Å². The number of carbonyl (C=O) groups is 1. The summed E-state index contributed by atoms with van der Waals surface area (Å²) in [6, 6.07) is 14.0. The van der Waals surface area contributed by atoms with Crippen molar-refractivity contribution in [3.8, 4) is 28.3 Å². The third kappa shape index (κ3) is 6.02. The van der Waals surface area contributed by atoms with Crippen molar-refractivity contribution in [2.24, 2.45) is 7.05 Å². The molecular weight excluding hydrogens is 590 g/mol. The molecule has 0 atom stereocenters. The van der Waals surface area contributed by atoms with E-state index in [4.69, 9.17) is 31.2 Å². The molecule has 10 nitrogen and oxygen atoms in total. The number of amides is 1. The minimum atomic E-state index is -0.0920. The Labute approximate surface area is 268 Å². The molecule has 45 heavy (non-hydrogen) atoms. The SMILES string of the molecule is COc1cc(C(=O)NC2CCN(C3CCOCC3)CC2)ccc1Nc1ncc2c(n1)-c1c(nn(C)c1-c1ccccc1Cl)CC2. The van der Waals surface area contributed by atoms with Gasteiger partial charge in [0.2, 0.25) is 5.95 Å². The Kier molecular flexibility index (Phi) is 8.44. The van der Waals surface area contributed by atoms with E-state index >= 15 is 0 Å². The van der Waals surface area contributed by atoms with Crippen molar-refractivity contribution in [3.63, 3.8) is 0 Å². The first kappa shape index (κ1) is 29.7.